The molecule has 5 nitrogen and oxygen atoms in total. The Morgan fingerprint density at radius 3 is 2.48 bits per heavy atom. The summed E-state index contributed by atoms with van der Waals surface area (Å²) in [6.07, 6.45) is 0.460. The molecule has 0 aliphatic heterocycles. The lowest BCUT2D eigenvalue weighted by Gasteiger charge is -2.10. The second-order valence-electron chi connectivity index (χ2n) is 5.76. The molecule has 0 saturated heterocycles. The van der Waals surface area contributed by atoms with Gasteiger partial charge in [0.15, 0.2) is 0 Å². The number of benzene rings is 2. The van der Waals surface area contributed by atoms with Crippen LogP contribution in [0.25, 0.3) is 0 Å². The molecule has 2 aromatic rings. The van der Waals surface area contributed by atoms with Crippen molar-refractivity contribution in [2.75, 3.05) is 17.7 Å². The number of amides is 2. The topological polar surface area (TPSA) is 67.4 Å². The van der Waals surface area contributed by atoms with Crippen LogP contribution in [0.3, 0.4) is 0 Å². The van der Waals surface area contributed by atoms with E-state index in [2.05, 4.69) is 10.6 Å². The van der Waals surface area contributed by atoms with Gasteiger partial charge in [0.1, 0.15) is 11.6 Å². The summed E-state index contributed by atoms with van der Waals surface area (Å²) in [5, 5.41) is 5.35. The zero-order valence-corrected chi connectivity index (χ0v) is 14.1. The molecule has 25 heavy (non-hydrogen) atoms. The minimum atomic E-state index is -0.555. The van der Waals surface area contributed by atoms with Gasteiger partial charge in [0.2, 0.25) is 11.8 Å². The predicted molar refractivity (Wildman–Crippen MR) is 93.3 cm³/mol. The Hall–Kier alpha value is -2.60. The molecule has 2 unspecified atom stereocenters. The number of para-hydroxylation sites is 2. The highest BCUT2D eigenvalue weighted by molar-refractivity contribution is 6.31. The van der Waals surface area contributed by atoms with E-state index in [0.29, 0.717) is 23.5 Å². The minimum Gasteiger partial charge on any atom is -0.495 e. The number of hydrogen-bond donors (Lipinski definition) is 2. The van der Waals surface area contributed by atoms with Crippen molar-refractivity contribution in [3.8, 4) is 5.75 Å². The molecule has 0 spiro atoms. The van der Waals surface area contributed by atoms with Crippen molar-refractivity contribution in [2.24, 2.45) is 11.8 Å². The van der Waals surface area contributed by atoms with Crippen LogP contribution >= 0.6 is 11.6 Å². The Kier molecular flexibility index (Phi) is 4.90. The number of hydrogen-bond acceptors (Lipinski definition) is 3. The Morgan fingerprint density at radius 1 is 1.12 bits per heavy atom. The molecular weight excluding hydrogens is 347 g/mol. The first-order chi connectivity index (χ1) is 12.0. The zero-order chi connectivity index (χ0) is 18.0. The van der Waals surface area contributed by atoms with Gasteiger partial charge in [-0.1, -0.05) is 23.7 Å². The largest absolute Gasteiger partial charge is 0.495 e. The molecule has 0 radical (unpaired) electrons. The second-order valence-corrected chi connectivity index (χ2v) is 6.16. The number of carbonyl (C=O) groups excluding carboxylic acids is 2. The van der Waals surface area contributed by atoms with Gasteiger partial charge in [-0.15, -0.1) is 0 Å². The van der Waals surface area contributed by atoms with Crippen molar-refractivity contribution >= 4 is 34.8 Å². The van der Waals surface area contributed by atoms with Crippen LogP contribution in [-0.2, 0) is 9.59 Å². The van der Waals surface area contributed by atoms with Gasteiger partial charge in [0.25, 0.3) is 0 Å². The summed E-state index contributed by atoms with van der Waals surface area (Å²) >= 11 is 5.69. The molecule has 2 N–H and O–H groups in total. The first-order valence-electron chi connectivity index (χ1n) is 7.69. The Bertz CT molecular complexity index is 828. The van der Waals surface area contributed by atoms with Crippen molar-refractivity contribution in [1.29, 1.82) is 0 Å². The number of anilines is 2. The van der Waals surface area contributed by atoms with Crippen LogP contribution < -0.4 is 15.4 Å². The SMILES string of the molecule is COc1ccccc1NC(=O)C1CC1C(=O)Nc1ccc(F)c(Cl)c1. The van der Waals surface area contributed by atoms with Crippen LogP contribution in [-0.4, -0.2) is 18.9 Å². The van der Waals surface area contributed by atoms with E-state index in [9.17, 15) is 14.0 Å². The third kappa shape index (κ3) is 3.91. The van der Waals surface area contributed by atoms with Crippen molar-refractivity contribution in [3.63, 3.8) is 0 Å². The third-order valence-electron chi connectivity index (χ3n) is 4.02. The fraction of sp³-hybridized carbons (Fsp3) is 0.222. The van der Waals surface area contributed by atoms with Gasteiger partial charge in [-0.25, -0.2) is 4.39 Å². The van der Waals surface area contributed by atoms with Gasteiger partial charge in [0, 0.05) is 5.69 Å². The standard InChI is InChI=1S/C18H16ClFN2O3/c1-25-16-5-3-2-4-15(16)22-18(24)12-9-11(12)17(23)21-10-6-7-14(20)13(19)8-10/h2-8,11-12H,9H2,1H3,(H,21,23)(H,22,24). The molecule has 0 aromatic heterocycles. The molecule has 1 aliphatic rings. The smallest absolute Gasteiger partial charge is 0.228 e. The van der Waals surface area contributed by atoms with E-state index < -0.39 is 17.7 Å². The van der Waals surface area contributed by atoms with Crippen LogP contribution in [0.5, 0.6) is 5.75 Å². The lowest BCUT2D eigenvalue weighted by atomic mass is 10.2. The predicted octanol–water partition coefficient (Wildman–Crippen LogP) is 3.70. The van der Waals surface area contributed by atoms with E-state index in [-0.39, 0.29) is 16.8 Å². The molecule has 3 rings (SSSR count). The molecule has 2 aromatic carbocycles. The summed E-state index contributed by atoms with van der Waals surface area (Å²) in [7, 11) is 1.52. The first-order valence-corrected chi connectivity index (χ1v) is 8.07. The molecule has 2 amide bonds. The quantitative estimate of drug-likeness (QED) is 0.852. The number of halogens is 2. The van der Waals surface area contributed by atoms with Crippen molar-refractivity contribution < 1.29 is 18.7 Å². The highest BCUT2D eigenvalue weighted by Crippen LogP contribution is 2.41. The molecule has 7 heteroatoms. The zero-order valence-electron chi connectivity index (χ0n) is 13.4. The molecule has 1 aliphatic carbocycles. The third-order valence-corrected chi connectivity index (χ3v) is 4.31. The molecule has 0 bridgehead atoms. The van der Waals surface area contributed by atoms with Gasteiger partial charge in [-0.3, -0.25) is 9.59 Å². The average Bonchev–Trinajstić information content (AvgIpc) is 3.39. The van der Waals surface area contributed by atoms with E-state index in [1.165, 1.54) is 25.3 Å². The lowest BCUT2D eigenvalue weighted by Crippen LogP contribution is -2.20. The summed E-state index contributed by atoms with van der Waals surface area (Å²) in [6, 6.07) is 11.0. The highest BCUT2D eigenvalue weighted by Gasteiger charge is 2.48. The number of carbonyl (C=O) groups is 2. The van der Waals surface area contributed by atoms with Crippen LogP contribution in [0, 0.1) is 17.7 Å². The van der Waals surface area contributed by atoms with Crippen molar-refractivity contribution in [1.82, 2.24) is 0 Å². The fourth-order valence-electron chi connectivity index (χ4n) is 2.56. The van der Waals surface area contributed by atoms with Crippen LogP contribution in [0.1, 0.15) is 6.42 Å². The second kappa shape index (κ2) is 7.11. The molecule has 0 heterocycles. The van der Waals surface area contributed by atoms with Crippen LogP contribution in [0.15, 0.2) is 42.5 Å². The fourth-order valence-corrected chi connectivity index (χ4v) is 2.74. The normalized spacial score (nSPS) is 18.4. The maximum absolute atomic E-state index is 13.1. The first kappa shape index (κ1) is 17.2. The van der Waals surface area contributed by atoms with E-state index in [0.717, 1.165) is 0 Å². The van der Waals surface area contributed by atoms with E-state index in [4.69, 9.17) is 16.3 Å². The summed E-state index contributed by atoms with van der Waals surface area (Å²) in [5.74, 6) is -1.34. The van der Waals surface area contributed by atoms with Gasteiger partial charge < -0.3 is 15.4 Å². The lowest BCUT2D eigenvalue weighted by molar-refractivity contribution is -0.122. The van der Waals surface area contributed by atoms with E-state index >= 15 is 0 Å². The number of ether oxygens (including phenoxy) is 1. The summed E-state index contributed by atoms with van der Waals surface area (Å²) in [6.45, 7) is 0. The van der Waals surface area contributed by atoms with Gasteiger partial charge in [-0.2, -0.15) is 0 Å². The summed E-state index contributed by atoms with van der Waals surface area (Å²) in [4.78, 5) is 24.5. The van der Waals surface area contributed by atoms with Crippen LogP contribution in [0.4, 0.5) is 15.8 Å². The molecule has 130 valence electrons. The van der Waals surface area contributed by atoms with Crippen molar-refractivity contribution in [3.05, 3.63) is 53.3 Å². The van der Waals surface area contributed by atoms with Crippen LogP contribution in [0.2, 0.25) is 5.02 Å². The molecule has 1 saturated carbocycles. The minimum absolute atomic E-state index is 0.0703. The summed E-state index contributed by atoms with van der Waals surface area (Å²) in [5.41, 5.74) is 0.957. The number of rotatable bonds is 5. The Labute approximate surface area is 149 Å². The van der Waals surface area contributed by atoms with Gasteiger partial charge in [-0.05, 0) is 36.8 Å². The summed E-state index contributed by atoms with van der Waals surface area (Å²) < 4.78 is 18.3. The van der Waals surface area contributed by atoms with E-state index in [1.54, 1.807) is 24.3 Å². The Morgan fingerprint density at radius 2 is 1.80 bits per heavy atom. The number of nitrogens with one attached hydrogen (secondary N) is 2. The van der Waals surface area contributed by atoms with Gasteiger partial charge >= 0.3 is 0 Å². The Balaban J connectivity index is 1.58. The molecule has 2 atom stereocenters. The maximum atomic E-state index is 13.1. The molecular formula is C18H16ClFN2O3. The van der Waals surface area contributed by atoms with E-state index in [1.807, 2.05) is 0 Å². The monoisotopic (exact) mass is 362 g/mol. The maximum Gasteiger partial charge on any atom is 0.228 e. The van der Waals surface area contributed by atoms with Gasteiger partial charge in [0.05, 0.1) is 29.7 Å². The average molecular weight is 363 g/mol. The number of methoxy groups -OCH3 is 1. The molecule has 1 fully saturated rings. The van der Waals surface area contributed by atoms with Crippen molar-refractivity contribution in [2.45, 2.75) is 6.42 Å². The highest BCUT2D eigenvalue weighted by atomic mass is 35.5.